The molecule has 0 spiro atoms. The minimum Gasteiger partial charge on any atom is -0.328 e. The molecule has 2 aliphatic carbocycles. The van der Waals surface area contributed by atoms with E-state index in [1.165, 1.54) is 25.7 Å². The highest BCUT2D eigenvalue weighted by Crippen LogP contribution is 2.51. The topological polar surface area (TPSA) is 30.7 Å². The van der Waals surface area contributed by atoms with E-state index in [1.54, 1.807) is 6.33 Å². The molecule has 2 aromatic heterocycles. The van der Waals surface area contributed by atoms with Crippen LogP contribution in [0.4, 0.5) is 0 Å². The number of hydrogen-bond acceptors (Lipinski definition) is 2. The van der Waals surface area contributed by atoms with E-state index in [0.29, 0.717) is 11.2 Å². The van der Waals surface area contributed by atoms with Gasteiger partial charge in [-0.05, 0) is 53.7 Å². The molecule has 3 nitrogen and oxygen atoms in total. The molecule has 0 amide bonds. The second-order valence-corrected chi connectivity index (χ2v) is 7.01. The van der Waals surface area contributed by atoms with Crippen molar-refractivity contribution >= 4 is 45.2 Å². The van der Waals surface area contributed by atoms with E-state index in [9.17, 15) is 0 Å². The van der Waals surface area contributed by atoms with E-state index in [-0.39, 0.29) is 0 Å². The first-order valence-electron chi connectivity index (χ1n) is 6.40. The zero-order valence-electron chi connectivity index (χ0n) is 9.81. The predicted octanol–water partition coefficient (Wildman–Crippen LogP) is 4.05. The summed E-state index contributed by atoms with van der Waals surface area (Å²) < 4.78 is 3.52. The van der Waals surface area contributed by atoms with Gasteiger partial charge < -0.3 is 4.57 Å². The molecular formula is C13H13ClIN3. The van der Waals surface area contributed by atoms with E-state index >= 15 is 0 Å². The van der Waals surface area contributed by atoms with Crippen LogP contribution in [0, 0.1) is 15.4 Å². The summed E-state index contributed by atoms with van der Waals surface area (Å²) in [6.07, 6.45) is 9.30. The molecule has 0 radical (unpaired) electrons. The summed E-state index contributed by atoms with van der Waals surface area (Å²) in [7, 11) is 0. The van der Waals surface area contributed by atoms with Crippen LogP contribution < -0.4 is 0 Å². The summed E-state index contributed by atoms with van der Waals surface area (Å²) in [5, 5.41) is 1.59. The van der Waals surface area contributed by atoms with Crippen LogP contribution in [0.3, 0.4) is 0 Å². The van der Waals surface area contributed by atoms with Crippen LogP contribution >= 0.6 is 34.2 Å². The molecule has 94 valence electrons. The first-order valence-corrected chi connectivity index (χ1v) is 7.86. The minimum absolute atomic E-state index is 0.575. The first kappa shape index (κ1) is 11.5. The lowest BCUT2D eigenvalue weighted by atomic mass is 9.95. The zero-order chi connectivity index (χ0) is 12.3. The van der Waals surface area contributed by atoms with Gasteiger partial charge in [0.25, 0.3) is 0 Å². The van der Waals surface area contributed by atoms with Crippen molar-refractivity contribution in [2.24, 2.45) is 11.8 Å². The average molecular weight is 374 g/mol. The zero-order valence-corrected chi connectivity index (χ0v) is 12.7. The fraction of sp³-hybridized carbons (Fsp3) is 0.538. The largest absolute Gasteiger partial charge is 0.328 e. The van der Waals surface area contributed by atoms with Crippen LogP contribution in [0.2, 0.25) is 5.15 Å². The van der Waals surface area contributed by atoms with Gasteiger partial charge in [0.1, 0.15) is 17.1 Å². The van der Waals surface area contributed by atoms with E-state index in [2.05, 4.69) is 43.3 Å². The number of aromatic nitrogens is 3. The number of rotatable bonds is 1. The summed E-state index contributed by atoms with van der Waals surface area (Å²) in [5.41, 5.74) is 1.01. The molecule has 0 aliphatic heterocycles. The van der Waals surface area contributed by atoms with Crippen LogP contribution in [0.25, 0.3) is 11.0 Å². The molecule has 2 heterocycles. The molecule has 0 aromatic carbocycles. The van der Waals surface area contributed by atoms with Gasteiger partial charge in [-0.25, -0.2) is 9.97 Å². The van der Waals surface area contributed by atoms with Gasteiger partial charge in [0, 0.05) is 15.8 Å². The Labute approximate surface area is 124 Å². The fourth-order valence-corrected chi connectivity index (χ4v) is 5.00. The quantitative estimate of drug-likeness (QED) is 0.558. The Morgan fingerprint density at radius 3 is 2.89 bits per heavy atom. The fourth-order valence-electron chi connectivity index (χ4n) is 3.81. The average Bonchev–Trinajstić information content (AvgIpc) is 3.03. The standard InChI is InChI=1S/C13H13ClIN3/c14-12-11-9(15)5-18(13(11)17-6-16-12)10-4-7-1-2-8(10)3-7/h5-8,10H,1-4H2/t7-,8+,10-/m1/s1. The summed E-state index contributed by atoms with van der Waals surface area (Å²) in [6, 6.07) is 0.626. The summed E-state index contributed by atoms with van der Waals surface area (Å²) in [6.45, 7) is 0. The Morgan fingerprint density at radius 1 is 1.28 bits per heavy atom. The smallest absolute Gasteiger partial charge is 0.146 e. The Balaban J connectivity index is 1.88. The van der Waals surface area contributed by atoms with Crippen molar-refractivity contribution in [3.05, 3.63) is 21.2 Å². The van der Waals surface area contributed by atoms with Crippen LogP contribution in [-0.4, -0.2) is 14.5 Å². The third-order valence-corrected chi connectivity index (χ3v) is 5.68. The Morgan fingerprint density at radius 2 is 2.17 bits per heavy atom. The second-order valence-electron chi connectivity index (χ2n) is 5.49. The molecule has 2 aliphatic rings. The highest BCUT2D eigenvalue weighted by molar-refractivity contribution is 14.1. The monoisotopic (exact) mass is 373 g/mol. The van der Waals surface area contributed by atoms with Crippen LogP contribution in [0.1, 0.15) is 31.7 Å². The van der Waals surface area contributed by atoms with Crippen molar-refractivity contribution in [2.45, 2.75) is 31.7 Å². The maximum Gasteiger partial charge on any atom is 0.146 e. The van der Waals surface area contributed by atoms with Gasteiger partial charge in [0.15, 0.2) is 0 Å². The van der Waals surface area contributed by atoms with Gasteiger partial charge >= 0.3 is 0 Å². The molecule has 2 saturated carbocycles. The highest BCUT2D eigenvalue weighted by Gasteiger charge is 2.41. The predicted molar refractivity (Wildman–Crippen MR) is 79.7 cm³/mol. The van der Waals surface area contributed by atoms with Crippen LogP contribution in [0.15, 0.2) is 12.5 Å². The van der Waals surface area contributed by atoms with Gasteiger partial charge in [-0.3, -0.25) is 0 Å². The lowest BCUT2D eigenvalue weighted by Crippen LogP contribution is -2.15. The van der Waals surface area contributed by atoms with Crippen LogP contribution in [-0.2, 0) is 0 Å². The summed E-state index contributed by atoms with van der Waals surface area (Å²) >= 11 is 8.53. The second kappa shape index (κ2) is 4.07. The Hall–Kier alpha value is -0.360. The molecule has 18 heavy (non-hydrogen) atoms. The lowest BCUT2D eigenvalue weighted by Gasteiger charge is -2.23. The molecule has 0 unspecified atom stereocenters. The summed E-state index contributed by atoms with van der Waals surface area (Å²) in [4.78, 5) is 8.55. The lowest BCUT2D eigenvalue weighted by molar-refractivity contribution is 0.335. The molecule has 5 heteroatoms. The molecule has 2 fully saturated rings. The molecule has 2 bridgehead atoms. The van der Waals surface area contributed by atoms with Gasteiger partial charge in [-0.2, -0.15) is 0 Å². The molecule has 2 aromatic rings. The Bertz CT molecular complexity index is 624. The van der Waals surface area contributed by atoms with E-state index in [1.807, 2.05) is 0 Å². The maximum absolute atomic E-state index is 6.19. The molecular weight excluding hydrogens is 361 g/mol. The van der Waals surface area contributed by atoms with Gasteiger partial charge in [-0.1, -0.05) is 18.0 Å². The molecule has 4 rings (SSSR count). The number of hydrogen-bond donors (Lipinski definition) is 0. The number of fused-ring (bicyclic) bond motifs is 3. The van der Waals surface area contributed by atoms with Crippen molar-refractivity contribution in [3.8, 4) is 0 Å². The highest BCUT2D eigenvalue weighted by atomic mass is 127. The van der Waals surface area contributed by atoms with Crippen molar-refractivity contribution in [2.75, 3.05) is 0 Å². The maximum atomic E-state index is 6.19. The van der Waals surface area contributed by atoms with E-state index in [4.69, 9.17) is 11.6 Å². The molecule has 0 N–H and O–H groups in total. The van der Waals surface area contributed by atoms with Crippen molar-refractivity contribution in [1.82, 2.24) is 14.5 Å². The minimum atomic E-state index is 0.575. The number of nitrogens with zero attached hydrogens (tertiary/aromatic N) is 3. The third kappa shape index (κ3) is 1.54. The third-order valence-electron chi connectivity index (χ3n) is 4.57. The van der Waals surface area contributed by atoms with Gasteiger partial charge in [0.05, 0.1) is 5.39 Å². The summed E-state index contributed by atoms with van der Waals surface area (Å²) in [5.74, 6) is 1.78. The van der Waals surface area contributed by atoms with Crippen LogP contribution in [0.5, 0.6) is 0 Å². The van der Waals surface area contributed by atoms with Crippen molar-refractivity contribution in [1.29, 1.82) is 0 Å². The van der Waals surface area contributed by atoms with Gasteiger partial charge in [-0.15, -0.1) is 0 Å². The van der Waals surface area contributed by atoms with Crippen molar-refractivity contribution in [3.63, 3.8) is 0 Å². The Kier molecular flexibility index (Phi) is 2.59. The first-order chi connectivity index (χ1) is 8.74. The van der Waals surface area contributed by atoms with E-state index < -0.39 is 0 Å². The van der Waals surface area contributed by atoms with Gasteiger partial charge in [0.2, 0.25) is 0 Å². The molecule has 3 atom stereocenters. The normalized spacial score (nSPS) is 30.4. The SMILES string of the molecule is Clc1ncnc2c1c(I)cn2[C@@H]1C[C@@H]2CC[C@H]1C2. The molecule has 0 saturated heterocycles. The van der Waals surface area contributed by atoms with Crippen molar-refractivity contribution < 1.29 is 0 Å². The van der Waals surface area contributed by atoms with E-state index in [0.717, 1.165) is 26.4 Å². The number of halogens is 2.